The molecule has 0 bridgehead atoms. The van der Waals surface area contributed by atoms with Gasteiger partial charge in [-0.1, -0.05) is 0 Å². The zero-order valence-electron chi connectivity index (χ0n) is 11.0. The van der Waals surface area contributed by atoms with E-state index in [1.807, 2.05) is 0 Å². The van der Waals surface area contributed by atoms with Crippen molar-refractivity contribution in [3.63, 3.8) is 0 Å². The molecule has 0 spiro atoms. The zero-order valence-corrected chi connectivity index (χ0v) is 11.0. The van der Waals surface area contributed by atoms with Crippen molar-refractivity contribution in [1.29, 1.82) is 0 Å². The molecule has 2 aliphatic rings. The lowest BCUT2D eigenvalue weighted by Gasteiger charge is -2.37. The molecule has 1 N–H and O–H groups in total. The van der Waals surface area contributed by atoms with Crippen LogP contribution in [0, 0.1) is 5.92 Å². The number of carbonyl (C=O) groups is 2. The molecule has 0 aromatic carbocycles. The van der Waals surface area contributed by atoms with Gasteiger partial charge >= 0.3 is 5.97 Å². The van der Waals surface area contributed by atoms with E-state index in [1.165, 1.54) is 0 Å². The van der Waals surface area contributed by atoms with Crippen LogP contribution in [0.2, 0.25) is 0 Å². The number of carboxylic acid groups (broad SMARTS) is 1. The second-order valence-electron chi connectivity index (χ2n) is 5.46. The first-order valence-corrected chi connectivity index (χ1v) is 6.81. The molecule has 5 nitrogen and oxygen atoms in total. The first-order chi connectivity index (χ1) is 8.59. The molecule has 5 heteroatoms. The molecule has 0 saturated carbocycles. The minimum atomic E-state index is -0.851. The number of piperidine rings is 2. The lowest BCUT2D eigenvalue weighted by Crippen LogP contribution is -2.51. The number of hydrogen-bond acceptors (Lipinski definition) is 3. The molecule has 1 amide bonds. The van der Waals surface area contributed by atoms with E-state index in [2.05, 4.69) is 11.9 Å². The maximum absolute atomic E-state index is 12.4. The molecule has 0 aromatic rings. The number of amides is 1. The Morgan fingerprint density at radius 3 is 2.33 bits per heavy atom. The average Bonchev–Trinajstić information content (AvgIpc) is 2.39. The van der Waals surface area contributed by atoms with Crippen molar-refractivity contribution < 1.29 is 14.7 Å². The minimum absolute atomic E-state index is 0.0288. The number of likely N-dealkylation sites (tertiary alicyclic amines) is 2. The summed E-state index contributed by atoms with van der Waals surface area (Å²) >= 11 is 0. The highest BCUT2D eigenvalue weighted by Crippen LogP contribution is 2.24. The molecule has 2 heterocycles. The van der Waals surface area contributed by atoms with Gasteiger partial charge in [-0.3, -0.25) is 4.79 Å². The Morgan fingerprint density at radius 2 is 1.72 bits per heavy atom. The van der Waals surface area contributed by atoms with Crippen molar-refractivity contribution in [1.82, 2.24) is 9.80 Å². The summed E-state index contributed by atoms with van der Waals surface area (Å²) in [5, 5.41) is 9.20. The molecule has 0 aromatic heterocycles. The largest absolute Gasteiger partial charge is 0.480 e. The van der Waals surface area contributed by atoms with Crippen molar-refractivity contribution in [2.45, 2.75) is 38.1 Å². The van der Waals surface area contributed by atoms with Crippen molar-refractivity contribution in [2.24, 2.45) is 5.92 Å². The number of aliphatic carboxylic acids is 1. The SMILES string of the molecule is CN1CCC(C(=O)N2CCCCC2C(=O)O)CC1. The highest BCUT2D eigenvalue weighted by atomic mass is 16.4. The highest BCUT2D eigenvalue weighted by molar-refractivity contribution is 5.85. The topological polar surface area (TPSA) is 60.9 Å². The predicted molar refractivity (Wildman–Crippen MR) is 67.2 cm³/mol. The Bertz CT molecular complexity index is 324. The molecule has 18 heavy (non-hydrogen) atoms. The van der Waals surface area contributed by atoms with Crippen LogP contribution in [-0.4, -0.2) is 59.5 Å². The van der Waals surface area contributed by atoms with Crippen LogP contribution in [-0.2, 0) is 9.59 Å². The summed E-state index contributed by atoms with van der Waals surface area (Å²) < 4.78 is 0. The van der Waals surface area contributed by atoms with E-state index >= 15 is 0 Å². The van der Waals surface area contributed by atoms with Gasteiger partial charge in [0.1, 0.15) is 6.04 Å². The van der Waals surface area contributed by atoms with Gasteiger partial charge in [0.05, 0.1) is 0 Å². The van der Waals surface area contributed by atoms with Gasteiger partial charge in [0.25, 0.3) is 0 Å². The van der Waals surface area contributed by atoms with Crippen LogP contribution in [0.25, 0.3) is 0 Å². The Balaban J connectivity index is 2.00. The van der Waals surface area contributed by atoms with Gasteiger partial charge in [-0.25, -0.2) is 4.79 Å². The lowest BCUT2D eigenvalue weighted by molar-refractivity contribution is -0.154. The van der Waals surface area contributed by atoms with Gasteiger partial charge in [0.2, 0.25) is 5.91 Å². The molecular weight excluding hydrogens is 232 g/mol. The van der Waals surface area contributed by atoms with Gasteiger partial charge in [-0.05, 0) is 52.2 Å². The Morgan fingerprint density at radius 1 is 1.06 bits per heavy atom. The lowest BCUT2D eigenvalue weighted by atomic mass is 9.93. The van der Waals surface area contributed by atoms with E-state index in [1.54, 1.807) is 4.90 Å². The molecule has 2 aliphatic heterocycles. The van der Waals surface area contributed by atoms with E-state index < -0.39 is 12.0 Å². The fourth-order valence-electron chi connectivity index (χ4n) is 2.94. The van der Waals surface area contributed by atoms with Gasteiger partial charge in [0, 0.05) is 12.5 Å². The van der Waals surface area contributed by atoms with Crippen molar-refractivity contribution in [2.75, 3.05) is 26.7 Å². The van der Waals surface area contributed by atoms with Gasteiger partial charge < -0.3 is 14.9 Å². The van der Waals surface area contributed by atoms with Crippen LogP contribution in [0.3, 0.4) is 0 Å². The van der Waals surface area contributed by atoms with Crippen LogP contribution < -0.4 is 0 Å². The predicted octanol–water partition coefficient (Wildman–Crippen LogP) is 0.794. The molecule has 102 valence electrons. The van der Waals surface area contributed by atoms with Crippen molar-refractivity contribution >= 4 is 11.9 Å². The van der Waals surface area contributed by atoms with Crippen LogP contribution >= 0.6 is 0 Å². The van der Waals surface area contributed by atoms with Crippen LogP contribution in [0.1, 0.15) is 32.1 Å². The van der Waals surface area contributed by atoms with E-state index in [4.69, 9.17) is 0 Å². The maximum Gasteiger partial charge on any atom is 0.326 e. The van der Waals surface area contributed by atoms with Crippen LogP contribution in [0.5, 0.6) is 0 Å². The average molecular weight is 254 g/mol. The molecule has 0 radical (unpaired) electrons. The molecule has 0 aliphatic carbocycles. The fourth-order valence-corrected chi connectivity index (χ4v) is 2.94. The first-order valence-electron chi connectivity index (χ1n) is 6.81. The third-order valence-electron chi connectivity index (χ3n) is 4.14. The molecule has 2 fully saturated rings. The van der Waals surface area contributed by atoms with E-state index in [-0.39, 0.29) is 11.8 Å². The fraction of sp³-hybridized carbons (Fsp3) is 0.846. The van der Waals surface area contributed by atoms with Crippen LogP contribution in [0.15, 0.2) is 0 Å². The smallest absolute Gasteiger partial charge is 0.326 e. The second kappa shape index (κ2) is 5.69. The van der Waals surface area contributed by atoms with E-state index in [0.717, 1.165) is 38.8 Å². The molecule has 2 rings (SSSR count). The third kappa shape index (κ3) is 2.83. The summed E-state index contributed by atoms with van der Waals surface area (Å²) in [7, 11) is 2.06. The first kappa shape index (κ1) is 13.3. The van der Waals surface area contributed by atoms with Gasteiger partial charge in [-0.15, -0.1) is 0 Å². The number of rotatable bonds is 2. The summed E-state index contributed by atoms with van der Waals surface area (Å²) in [6.07, 6.45) is 4.17. The van der Waals surface area contributed by atoms with Crippen LogP contribution in [0.4, 0.5) is 0 Å². The summed E-state index contributed by atoms with van der Waals surface area (Å²) in [6, 6.07) is -0.592. The second-order valence-corrected chi connectivity index (χ2v) is 5.46. The molecule has 2 saturated heterocycles. The third-order valence-corrected chi connectivity index (χ3v) is 4.14. The minimum Gasteiger partial charge on any atom is -0.480 e. The normalized spacial score (nSPS) is 27.2. The Labute approximate surface area is 108 Å². The summed E-state index contributed by atoms with van der Waals surface area (Å²) in [4.78, 5) is 27.5. The molecular formula is C13H22N2O3. The summed E-state index contributed by atoms with van der Waals surface area (Å²) in [5.74, 6) is -0.757. The van der Waals surface area contributed by atoms with Gasteiger partial charge in [-0.2, -0.15) is 0 Å². The standard InChI is InChI=1S/C13H22N2O3/c1-14-8-5-10(6-9-14)12(16)15-7-3-2-4-11(15)13(17)18/h10-11H,2-9H2,1H3,(H,17,18). The van der Waals surface area contributed by atoms with Crippen molar-refractivity contribution in [3.05, 3.63) is 0 Å². The maximum atomic E-state index is 12.4. The van der Waals surface area contributed by atoms with E-state index in [0.29, 0.717) is 13.0 Å². The molecule has 1 unspecified atom stereocenters. The quantitative estimate of drug-likeness (QED) is 0.791. The molecule has 1 atom stereocenters. The van der Waals surface area contributed by atoms with Gasteiger partial charge in [0.15, 0.2) is 0 Å². The van der Waals surface area contributed by atoms with E-state index in [9.17, 15) is 14.7 Å². The summed E-state index contributed by atoms with van der Waals surface area (Å²) in [6.45, 7) is 2.48. The number of carbonyl (C=O) groups excluding carboxylic acids is 1. The number of carboxylic acids is 1. The Hall–Kier alpha value is -1.10. The summed E-state index contributed by atoms with van der Waals surface area (Å²) in [5.41, 5.74) is 0. The number of nitrogens with zero attached hydrogens (tertiary/aromatic N) is 2. The van der Waals surface area contributed by atoms with Crippen molar-refractivity contribution in [3.8, 4) is 0 Å². The monoisotopic (exact) mass is 254 g/mol. The highest BCUT2D eigenvalue weighted by Gasteiger charge is 2.36. The zero-order chi connectivity index (χ0) is 13.1. The number of hydrogen-bond donors (Lipinski definition) is 1. The Kier molecular flexibility index (Phi) is 4.22.